The van der Waals surface area contributed by atoms with E-state index < -0.39 is 11.3 Å². The molecule has 5 nitrogen and oxygen atoms in total. The van der Waals surface area contributed by atoms with E-state index in [0.717, 1.165) is 12.8 Å². The van der Waals surface area contributed by atoms with Crippen molar-refractivity contribution >= 4 is 23.7 Å². The molecule has 0 saturated heterocycles. The number of carbonyl (C=O) groups is 2. The first-order valence-electron chi connectivity index (χ1n) is 7.05. The Labute approximate surface area is 133 Å². The molecule has 1 atom stereocenters. The van der Waals surface area contributed by atoms with Crippen LogP contribution in [-0.4, -0.2) is 30.3 Å². The van der Waals surface area contributed by atoms with Crippen LogP contribution in [0.2, 0.25) is 0 Å². The second kappa shape index (κ2) is 7.49. The van der Waals surface area contributed by atoms with E-state index in [0.29, 0.717) is 17.1 Å². The van der Waals surface area contributed by atoms with Crippen molar-refractivity contribution in [2.24, 2.45) is 0 Å². The molecule has 22 heavy (non-hydrogen) atoms. The molecule has 0 heterocycles. The first kappa shape index (κ1) is 16.6. The second-order valence-electron chi connectivity index (χ2n) is 5.15. The number of methoxy groups -OCH3 is 1. The zero-order chi connectivity index (χ0) is 16.1. The van der Waals surface area contributed by atoms with E-state index in [1.165, 1.54) is 31.0 Å². The number of urea groups is 1. The van der Waals surface area contributed by atoms with Crippen molar-refractivity contribution in [2.45, 2.75) is 36.8 Å². The summed E-state index contributed by atoms with van der Waals surface area (Å²) in [5.41, 5.74) is 0.676. The quantitative estimate of drug-likeness (QED) is 0.842. The second-order valence-corrected chi connectivity index (χ2v) is 6.48. The highest BCUT2D eigenvalue weighted by Gasteiger charge is 2.25. The van der Waals surface area contributed by atoms with Crippen molar-refractivity contribution in [3.8, 4) is 5.75 Å². The van der Waals surface area contributed by atoms with E-state index in [1.54, 1.807) is 13.0 Å². The lowest BCUT2D eigenvalue weighted by Gasteiger charge is -2.13. The van der Waals surface area contributed by atoms with Crippen LogP contribution < -0.4 is 15.4 Å². The van der Waals surface area contributed by atoms with E-state index in [4.69, 9.17) is 4.74 Å². The van der Waals surface area contributed by atoms with Gasteiger partial charge in [0.25, 0.3) is 0 Å². The number of thioether (sulfide) groups is 1. The number of imide groups is 1. The topological polar surface area (TPSA) is 67.4 Å². The van der Waals surface area contributed by atoms with Crippen LogP contribution in [0.4, 0.5) is 9.18 Å². The van der Waals surface area contributed by atoms with Gasteiger partial charge in [-0.2, -0.15) is 0 Å². The van der Waals surface area contributed by atoms with Crippen molar-refractivity contribution in [3.05, 3.63) is 29.6 Å². The third kappa shape index (κ3) is 4.91. The lowest BCUT2D eigenvalue weighted by atomic mass is 10.2. The molecule has 1 aliphatic carbocycles. The number of amides is 3. The molecule has 0 spiro atoms. The Hall–Kier alpha value is -1.76. The number of carbonyl (C=O) groups excluding carboxylic acids is 2. The number of hydrogen-bond donors (Lipinski definition) is 2. The summed E-state index contributed by atoms with van der Waals surface area (Å²) in [6, 6.07) is 4.01. The molecule has 7 heteroatoms. The number of halogens is 1. The minimum atomic E-state index is -0.455. The molecule has 120 valence electrons. The minimum Gasteiger partial charge on any atom is -0.496 e. The first-order chi connectivity index (χ1) is 10.5. The van der Waals surface area contributed by atoms with Crippen molar-refractivity contribution < 1.29 is 18.7 Å². The van der Waals surface area contributed by atoms with Gasteiger partial charge in [-0.3, -0.25) is 10.1 Å². The summed E-state index contributed by atoms with van der Waals surface area (Å²) in [7, 11) is 1.51. The van der Waals surface area contributed by atoms with Gasteiger partial charge < -0.3 is 10.1 Å². The molecular formula is C15H19FN2O3S. The molecule has 1 saturated carbocycles. The maximum absolute atomic E-state index is 13.3. The van der Waals surface area contributed by atoms with Crippen molar-refractivity contribution in [1.29, 1.82) is 0 Å². The third-order valence-electron chi connectivity index (χ3n) is 3.25. The minimum absolute atomic E-state index is 0.201. The molecule has 1 aromatic carbocycles. The number of ether oxygens (including phenoxy) is 1. The summed E-state index contributed by atoms with van der Waals surface area (Å²) in [4.78, 5) is 23.4. The number of hydrogen-bond acceptors (Lipinski definition) is 4. The van der Waals surface area contributed by atoms with Crippen molar-refractivity contribution in [2.75, 3.05) is 7.11 Å². The summed E-state index contributed by atoms with van der Waals surface area (Å²) in [6.07, 6.45) is 1.93. The van der Waals surface area contributed by atoms with Gasteiger partial charge in [-0.1, -0.05) is 0 Å². The average Bonchev–Trinajstić information content (AvgIpc) is 3.28. The summed E-state index contributed by atoms with van der Waals surface area (Å²) >= 11 is 1.31. The van der Waals surface area contributed by atoms with Crippen molar-refractivity contribution in [3.63, 3.8) is 0 Å². The van der Waals surface area contributed by atoms with E-state index in [-0.39, 0.29) is 17.8 Å². The van der Waals surface area contributed by atoms with Gasteiger partial charge in [-0.15, -0.1) is 11.8 Å². The van der Waals surface area contributed by atoms with Crippen LogP contribution in [0, 0.1) is 5.82 Å². The molecule has 0 aromatic heterocycles. The third-order valence-corrected chi connectivity index (χ3v) is 4.44. The van der Waals surface area contributed by atoms with Crippen LogP contribution in [0.15, 0.2) is 18.2 Å². The molecule has 1 fully saturated rings. The SMILES string of the molecule is COc1ccc(F)cc1CS[C@H](C)C(=O)NC(=O)NC1CC1. The lowest BCUT2D eigenvalue weighted by Crippen LogP contribution is -2.43. The summed E-state index contributed by atoms with van der Waals surface area (Å²) in [6.45, 7) is 1.70. The Balaban J connectivity index is 1.83. The van der Waals surface area contributed by atoms with E-state index in [1.807, 2.05) is 0 Å². The Morgan fingerprint density at radius 2 is 2.18 bits per heavy atom. The van der Waals surface area contributed by atoms with E-state index in [2.05, 4.69) is 10.6 Å². The fourth-order valence-electron chi connectivity index (χ4n) is 1.81. The van der Waals surface area contributed by atoms with Crippen LogP contribution in [0.3, 0.4) is 0 Å². The highest BCUT2D eigenvalue weighted by molar-refractivity contribution is 7.99. The molecule has 1 aromatic rings. The van der Waals surface area contributed by atoms with Gasteiger partial charge in [0.15, 0.2) is 0 Å². The number of rotatable bonds is 6. The predicted octanol–water partition coefficient (Wildman–Crippen LogP) is 2.44. The molecule has 2 N–H and O–H groups in total. The fraction of sp³-hybridized carbons (Fsp3) is 0.467. The van der Waals surface area contributed by atoms with Crippen LogP contribution in [-0.2, 0) is 10.5 Å². The standard InChI is InChI=1S/C15H19FN2O3S/c1-9(14(19)18-15(20)17-12-4-5-12)22-8-10-7-11(16)3-6-13(10)21-2/h3,6-7,9,12H,4-5,8H2,1-2H3,(H2,17,18,19,20)/t9-/m1/s1. The molecule has 0 bridgehead atoms. The zero-order valence-electron chi connectivity index (χ0n) is 12.5. The Morgan fingerprint density at radius 3 is 2.82 bits per heavy atom. The van der Waals surface area contributed by atoms with Crippen LogP contribution in [0.5, 0.6) is 5.75 Å². The summed E-state index contributed by atoms with van der Waals surface area (Å²) < 4.78 is 18.4. The van der Waals surface area contributed by atoms with Gasteiger partial charge >= 0.3 is 6.03 Å². The molecule has 1 aliphatic rings. The summed E-state index contributed by atoms with van der Waals surface area (Å²) in [5.74, 6) is 0.281. The molecule has 3 amide bonds. The van der Waals surface area contributed by atoms with Gasteiger partial charge in [-0.25, -0.2) is 9.18 Å². The monoisotopic (exact) mass is 326 g/mol. The van der Waals surface area contributed by atoms with E-state index >= 15 is 0 Å². The average molecular weight is 326 g/mol. The molecule has 2 rings (SSSR count). The maximum atomic E-state index is 13.3. The van der Waals surface area contributed by atoms with Gasteiger partial charge in [-0.05, 0) is 38.0 Å². The van der Waals surface area contributed by atoms with Crippen LogP contribution in [0.25, 0.3) is 0 Å². The summed E-state index contributed by atoms with van der Waals surface area (Å²) in [5, 5.41) is 4.57. The molecule has 0 aliphatic heterocycles. The van der Waals surface area contributed by atoms with Gasteiger partial charge in [0.2, 0.25) is 5.91 Å². The van der Waals surface area contributed by atoms with Gasteiger partial charge in [0.1, 0.15) is 11.6 Å². The molecule has 0 radical (unpaired) electrons. The molecule has 0 unspecified atom stereocenters. The smallest absolute Gasteiger partial charge is 0.321 e. The highest BCUT2D eigenvalue weighted by atomic mass is 32.2. The maximum Gasteiger partial charge on any atom is 0.321 e. The van der Waals surface area contributed by atoms with Gasteiger partial charge in [0, 0.05) is 17.4 Å². The zero-order valence-corrected chi connectivity index (χ0v) is 13.3. The highest BCUT2D eigenvalue weighted by Crippen LogP contribution is 2.26. The normalized spacial score (nSPS) is 15.0. The largest absolute Gasteiger partial charge is 0.496 e. The molecular weight excluding hydrogens is 307 g/mol. The van der Waals surface area contributed by atoms with Crippen LogP contribution >= 0.6 is 11.8 Å². The first-order valence-corrected chi connectivity index (χ1v) is 8.10. The predicted molar refractivity (Wildman–Crippen MR) is 83.4 cm³/mol. The fourth-order valence-corrected chi connectivity index (χ4v) is 2.68. The Morgan fingerprint density at radius 1 is 1.45 bits per heavy atom. The van der Waals surface area contributed by atoms with Gasteiger partial charge in [0.05, 0.1) is 12.4 Å². The Bertz CT molecular complexity index is 564. The number of benzene rings is 1. The van der Waals surface area contributed by atoms with Crippen LogP contribution in [0.1, 0.15) is 25.3 Å². The lowest BCUT2D eigenvalue weighted by molar-refractivity contribution is -0.119. The number of nitrogens with one attached hydrogen (secondary N) is 2. The van der Waals surface area contributed by atoms with E-state index in [9.17, 15) is 14.0 Å². The van der Waals surface area contributed by atoms with Crippen molar-refractivity contribution in [1.82, 2.24) is 10.6 Å². The Kier molecular flexibility index (Phi) is 5.65.